The molecule has 4 heterocycles. The van der Waals surface area contributed by atoms with E-state index in [1.54, 1.807) is 0 Å². The molecule has 4 saturated heterocycles. The average Bonchev–Trinajstić information content (AvgIpc) is 3.00. The van der Waals surface area contributed by atoms with Crippen molar-refractivity contribution < 1.29 is 99.5 Å². The number of aliphatic hydroxyl groups excluding tert-OH is 13. The molecule has 4 fully saturated rings. The lowest BCUT2D eigenvalue weighted by molar-refractivity contribution is -0.387. The van der Waals surface area contributed by atoms with Crippen LogP contribution in [0.15, 0.2) is 0 Å². The van der Waals surface area contributed by atoms with E-state index in [2.05, 4.69) is 0 Å². The van der Waals surface area contributed by atoms with Crippen LogP contribution in [0.4, 0.5) is 0 Å². The predicted molar refractivity (Wildman–Crippen MR) is 132 cm³/mol. The minimum Gasteiger partial charge on any atom is -0.394 e. The van der Waals surface area contributed by atoms with Gasteiger partial charge in [-0.3, -0.25) is 0 Å². The molecule has 258 valence electrons. The Hall–Kier alpha value is -0.800. The minimum absolute atomic E-state index is 0.673. The highest BCUT2D eigenvalue weighted by Crippen LogP contribution is 2.33. The molecule has 0 aromatic heterocycles. The van der Waals surface area contributed by atoms with Gasteiger partial charge in [-0.15, -0.1) is 0 Å². The van der Waals surface area contributed by atoms with Crippen molar-refractivity contribution in [2.75, 3.05) is 19.8 Å². The van der Waals surface area contributed by atoms with E-state index >= 15 is 0 Å². The molecule has 0 saturated carbocycles. The molecule has 0 amide bonds. The Morgan fingerprint density at radius 1 is 0.455 bits per heavy atom. The van der Waals surface area contributed by atoms with Crippen molar-refractivity contribution in [3.63, 3.8) is 0 Å². The van der Waals surface area contributed by atoms with Crippen molar-refractivity contribution in [2.24, 2.45) is 0 Å². The number of rotatable bonds is 9. The normalized spacial score (nSPS) is 53.9. The lowest BCUT2D eigenvalue weighted by atomic mass is 9.96. The van der Waals surface area contributed by atoms with Crippen LogP contribution in [0.25, 0.3) is 0 Å². The Kier molecular flexibility index (Phi) is 12.3. The van der Waals surface area contributed by atoms with Gasteiger partial charge in [0, 0.05) is 0 Å². The van der Waals surface area contributed by atoms with Crippen LogP contribution in [0, 0.1) is 0 Å². The largest absolute Gasteiger partial charge is 0.394 e. The molecule has 0 radical (unpaired) electrons. The van der Waals surface area contributed by atoms with E-state index in [9.17, 15) is 66.4 Å². The van der Waals surface area contributed by atoms with Gasteiger partial charge in [0.05, 0.1) is 25.9 Å². The summed E-state index contributed by atoms with van der Waals surface area (Å²) in [5.41, 5.74) is 0. The fourth-order valence-electron chi connectivity index (χ4n) is 5.36. The lowest BCUT2D eigenvalue weighted by Gasteiger charge is -2.48. The van der Waals surface area contributed by atoms with Crippen molar-refractivity contribution in [1.82, 2.24) is 0 Å². The number of ether oxygens (including phenoxy) is 7. The molecule has 0 aromatic rings. The first-order valence-corrected chi connectivity index (χ1v) is 14.0. The van der Waals surface area contributed by atoms with Crippen LogP contribution in [0.3, 0.4) is 0 Å². The van der Waals surface area contributed by atoms with Gasteiger partial charge < -0.3 is 99.5 Å². The van der Waals surface area contributed by atoms with E-state index in [0.717, 1.165) is 0 Å². The summed E-state index contributed by atoms with van der Waals surface area (Å²) in [6, 6.07) is 0. The Balaban J connectivity index is 1.48. The van der Waals surface area contributed by atoms with E-state index in [4.69, 9.17) is 33.2 Å². The van der Waals surface area contributed by atoms with Gasteiger partial charge in [-0.2, -0.15) is 0 Å². The number of hydrogen-bond donors (Lipinski definition) is 13. The van der Waals surface area contributed by atoms with Crippen LogP contribution >= 0.6 is 0 Å². The molecule has 4 aliphatic heterocycles. The highest BCUT2D eigenvalue weighted by Gasteiger charge is 2.54. The summed E-state index contributed by atoms with van der Waals surface area (Å²) in [7, 11) is 0. The molecular formula is C24H42O20. The highest BCUT2D eigenvalue weighted by atomic mass is 16.8. The molecule has 20 atom stereocenters. The van der Waals surface area contributed by atoms with Crippen LogP contribution in [-0.4, -0.2) is 209 Å². The molecule has 0 bridgehead atoms. The molecule has 0 aromatic carbocycles. The number of aliphatic hydroxyl groups is 13. The van der Waals surface area contributed by atoms with Crippen LogP contribution in [0.2, 0.25) is 0 Å². The van der Waals surface area contributed by atoms with Crippen molar-refractivity contribution in [1.29, 1.82) is 0 Å². The lowest BCUT2D eigenvalue weighted by Crippen LogP contribution is -2.66. The maximum atomic E-state index is 10.9. The van der Waals surface area contributed by atoms with Gasteiger partial charge in [0.25, 0.3) is 0 Å². The van der Waals surface area contributed by atoms with E-state index < -0.39 is 143 Å². The van der Waals surface area contributed by atoms with Gasteiger partial charge in [0.15, 0.2) is 25.2 Å². The van der Waals surface area contributed by atoms with Crippen molar-refractivity contribution >= 4 is 0 Å². The maximum Gasteiger partial charge on any atom is 0.187 e. The Bertz CT molecular complexity index is 898. The van der Waals surface area contributed by atoms with Crippen LogP contribution in [0.1, 0.15) is 6.92 Å². The first-order chi connectivity index (χ1) is 20.7. The van der Waals surface area contributed by atoms with Crippen LogP contribution in [-0.2, 0) is 33.2 Å². The third kappa shape index (κ3) is 7.19. The van der Waals surface area contributed by atoms with Crippen molar-refractivity contribution in [3.8, 4) is 0 Å². The molecule has 4 aliphatic rings. The van der Waals surface area contributed by atoms with Crippen LogP contribution < -0.4 is 0 Å². The molecule has 44 heavy (non-hydrogen) atoms. The Morgan fingerprint density at radius 3 is 1.36 bits per heavy atom. The van der Waals surface area contributed by atoms with Crippen molar-refractivity contribution in [3.05, 3.63) is 0 Å². The monoisotopic (exact) mass is 650 g/mol. The molecule has 0 aliphatic carbocycles. The second-order valence-corrected chi connectivity index (χ2v) is 11.2. The summed E-state index contributed by atoms with van der Waals surface area (Å²) in [4.78, 5) is 0. The van der Waals surface area contributed by atoms with E-state index in [0.29, 0.717) is 0 Å². The third-order valence-electron chi connectivity index (χ3n) is 8.15. The zero-order valence-corrected chi connectivity index (χ0v) is 23.3. The quantitative estimate of drug-likeness (QED) is 0.110. The number of hydrogen-bond acceptors (Lipinski definition) is 20. The van der Waals surface area contributed by atoms with Gasteiger partial charge in [-0.1, -0.05) is 0 Å². The molecule has 13 N–H and O–H groups in total. The summed E-state index contributed by atoms with van der Waals surface area (Å²) in [5.74, 6) is 0. The summed E-state index contributed by atoms with van der Waals surface area (Å²) in [5, 5.41) is 132. The van der Waals surface area contributed by atoms with Gasteiger partial charge in [0.2, 0.25) is 0 Å². The standard InChI is InChI=1S/C24H42O20/c1-5-9(27)19(20(21(37)39-5)44-23-17(35)14(32)11(29)7(3-26)41-23)43-24-18(36)15(33)12(30)8(42-24)4-38-22-16(34)13(31)10(28)6(2-25)40-22/h5-37H,2-4H2,1H3/t5-,6-,7-,8-,9+,10-,11-,12-,13+,14+,15+,16-,17-,18-,19+,20-,21-,22?,23?,24+/m1/s1. The molecule has 2 unspecified atom stereocenters. The van der Waals surface area contributed by atoms with E-state index in [1.165, 1.54) is 6.92 Å². The van der Waals surface area contributed by atoms with Gasteiger partial charge in [0.1, 0.15) is 91.6 Å². The predicted octanol–water partition coefficient (Wildman–Crippen LogP) is -8.72. The maximum absolute atomic E-state index is 10.9. The van der Waals surface area contributed by atoms with Gasteiger partial charge in [-0.05, 0) is 6.92 Å². The van der Waals surface area contributed by atoms with Gasteiger partial charge >= 0.3 is 0 Å². The topological polar surface area (TPSA) is 328 Å². The van der Waals surface area contributed by atoms with E-state index in [1.807, 2.05) is 0 Å². The summed E-state index contributed by atoms with van der Waals surface area (Å²) in [6.07, 6.45) is -34.0. The Labute approximate surface area is 249 Å². The summed E-state index contributed by atoms with van der Waals surface area (Å²) < 4.78 is 38.0. The fourth-order valence-corrected chi connectivity index (χ4v) is 5.36. The molecule has 20 heteroatoms. The second-order valence-electron chi connectivity index (χ2n) is 11.2. The third-order valence-corrected chi connectivity index (χ3v) is 8.15. The highest BCUT2D eigenvalue weighted by molar-refractivity contribution is 4.96. The fraction of sp³-hybridized carbons (Fsp3) is 1.00. The molecule has 0 spiro atoms. The first-order valence-electron chi connectivity index (χ1n) is 14.0. The minimum atomic E-state index is -1.97. The zero-order chi connectivity index (χ0) is 32.6. The molecule has 4 rings (SSSR count). The molecular weight excluding hydrogens is 608 g/mol. The first kappa shape index (κ1) is 36.0. The smallest absolute Gasteiger partial charge is 0.187 e. The van der Waals surface area contributed by atoms with Crippen LogP contribution in [0.5, 0.6) is 0 Å². The SMILES string of the molecule is C[C@H]1O[C@@H](O)[C@H](OC2O[C@H](CO)[C@@H](O)[C@H](O)[C@H]2O)[C@@H](O[C@@H]2O[C@H](COC3O[C@H](CO)[C@@H](O)[C@H](O)[C@H]3O)[C@@H](O)[C@H](O)[C@H]2O)[C@H]1O. The average molecular weight is 651 g/mol. The second kappa shape index (κ2) is 15.0. The summed E-state index contributed by atoms with van der Waals surface area (Å²) in [6.45, 7) is -0.850. The zero-order valence-electron chi connectivity index (χ0n) is 23.3. The van der Waals surface area contributed by atoms with Gasteiger partial charge in [-0.25, -0.2) is 0 Å². The van der Waals surface area contributed by atoms with Crippen molar-refractivity contribution in [2.45, 2.75) is 130 Å². The van der Waals surface area contributed by atoms with E-state index in [-0.39, 0.29) is 0 Å². The Morgan fingerprint density at radius 2 is 0.864 bits per heavy atom. The summed E-state index contributed by atoms with van der Waals surface area (Å²) >= 11 is 0. The molecule has 20 nitrogen and oxygen atoms in total.